The Morgan fingerprint density at radius 1 is 1.31 bits per heavy atom. The first-order chi connectivity index (χ1) is 16.6. The van der Waals surface area contributed by atoms with E-state index >= 15 is 4.39 Å². The number of ether oxygens (including phenoxy) is 3. The number of amides is 1. The van der Waals surface area contributed by atoms with E-state index in [9.17, 15) is 13.7 Å². The minimum atomic E-state index is -2.91. The van der Waals surface area contributed by atoms with Crippen LogP contribution in [0.3, 0.4) is 0 Å². The molecule has 0 saturated carbocycles. The van der Waals surface area contributed by atoms with Gasteiger partial charge >= 0.3 is 6.09 Å². The molecule has 0 aliphatic carbocycles. The minimum absolute atomic E-state index is 0.00341. The van der Waals surface area contributed by atoms with Crippen molar-refractivity contribution in [3.8, 4) is 0 Å². The van der Waals surface area contributed by atoms with Gasteiger partial charge in [-0.1, -0.05) is 26.4 Å². The zero-order valence-electron chi connectivity index (χ0n) is 22.0. The van der Waals surface area contributed by atoms with Gasteiger partial charge in [0, 0.05) is 29.4 Å². The van der Waals surface area contributed by atoms with E-state index < -0.39 is 45.0 Å². The van der Waals surface area contributed by atoms with Gasteiger partial charge in [-0.05, 0) is 59.7 Å². The van der Waals surface area contributed by atoms with Crippen LogP contribution in [0.2, 0.25) is 0 Å². The van der Waals surface area contributed by atoms with Gasteiger partial charge in [0.2, 0.25) is 0 Å². The lowest BCUT2D eigenvalue weighted by Gasteiger charge is -2.56. The highest BCUT2D eigenvalue weighted by Crippen LogP contribution is 2.60. The molecule has 1 unspecified atom stereocenters. The maximum atomic E-state index is 15.1. The van der Waals surface area contributed by atoms with E-state index in [1.54, 1.807) is 53.7 Å². The number of alkyl halides is 1. The first-order valence-corrected chi connectivity index (χ1v) is 14.1. The Hall–Kier alpha value is -1.31. The molecule has 206 valence electrons. The molecular formula is C24H38BrF2N3O5S. The zero-order chi connectivity index (χ0) is 27.4. The summed E-state index contributed by atoms with van der Waals surface area (Å²) in [7, 11) is -1.38. The predicted octanol–water partition coefficient (Wildman–Crippen LogP) is 5.60. The molecule has 1 aromatic carbocycles. The van der Waals surface area contributed by atoms with Crippen molar-refractivity contribution in [2.45, 2.75) is 57.4 Å². The molecule has 1 aromatic rings. The maximum absolute atomic E-state index is 15.1. The molecule has 0 aromatic heterocycles. The topological polar surface area (TPSA) is 92.6 Å². The Labute approximate surface area is 222 Å². The molecule has 0 radical (unpaired) electrons. The molecule has 1 amide bonds. The van der Waals surface area contributed by atoms with Gasteiger partial charge in [0.1, 0.15) is 30.7 Å². The first-order valence-electron chi connectivity index (χ1n) is 11.6. The van der Waals surface area contributed by atoms with E-state index in [0.717, 1.165) is 0 Å². The quantitative estimate of drug-likeness (QED) is 0.284. The monoisotopic (exact) mass is 597 g/mol. The summed E-state index contributed by atoms with van der Waals surface area (Å²) in [5.74, 6) is -0.377. The summed E-state index contributed by atoms with van der Waals surface area (Å²) >= 11 is 3.38. The third kappa shape index (κ3) is 7.16. The number of methoxy groups -OCH3 is 1. The molecule has 1 aliphatic heterocycles. The predicted molar refractivity (Wildman–Crippen MR) is 143 cm³/mol. The van der Waals surface area contributed by atoms with Crippen LogP contribution in [-0.4, -0.2) is 77.8 Å². The number of nitrogens with one attached hydrogen (secondary N) is 1. The summed E-state index contributed by atoms with van der Waals surface area (Å²) in [6.07, 6.45) is -0.738. The van der Waals surface area contributed by atoms with Crippen LogP contribution in [0, 0.1) is 5.82 Å². The van der Waals surface area contributed by atoms with Gasteiger partial charge < -0.3 is 18.8 Å². The number of rotatable bonds is 9. The van der Waals surface area contributed by atoms with Crippen LogP contribution in [0.5, 0.6) is 0 Å². The van der Waals surface area contributed by atoms with Crippen molar-refractivity contribution in [2.75, 3.05) is 46.0 Å². The van der Waals surface area contributed by atoms with Gasteiger partial charge in [0.15, 0.2) is 0 Å². The molecule has 0 bridgehead atoms. The summed E-state index contributed by atoms with van der Waals surface area (Å²) in [5, 5.41) is 0. The lowest BCUT2D eigenvalue weighted by atomic mass is 9.93. The highest BCUT2D eigenvalue weighted by atomic mass is 79.9. The van der Waals surface area contributed by atoms with E-state index in [1.165, 1.54) is 18.1 Å². The fourth-order valence-electron chi connectivity index (χ4n) is 3.83. The number of benzene rings is 1. The van der Waals surface area contributed by atoms with Crippen LogP contribution in [0.15, 0.2) is 27.7 Å². The second kappa shape index (κ2) is 12.0. The molecule has 2 atom stereocenters. The normalized spacial score (nSPS) is 25.6. The number of nitrogens with zero attached hydrogens (tertiary/aromatic N) is 2. The maximum Gasteiger partial charge on any atom is 0.417 e. The summed E-state index contributed by atoms with van der Waals surface area (Å²) in [6.45, 7) is 9.73. The Bertz CT molecular complexity index is 962. The molecule has 1 heterocycles. The molecule has 36 heavy (non-hydrogen) atoms. The molecule has 2 N–H and O–H groups in total. The summed E-state index contributed by atoms with van der Waals surface area (Å²) in [6, 6.07) is 4.47. The Morgan fingerprint density at radius 3 is 2.56 bits per heavy atom. The molecule has 2 rings (SSSR count). The fourth-order valence-corrected chi connectivity index (χ4v) is 6.92. The van der Waals surface area contributed by atoms with Crippen LogP contribution in [0.1, 0.15) is 47.1 Å². The van der Waals surface area contributed by atoms with E-state index in [4.69, 9.17) is 19.2 Å². The first kappa shape index (κ1) is 30.9. The molecule has 0 fully saturated rings. The number of halogens is 3. The van der Waals surface area contributed by atoms with Crippen molar-refractivity contribution in [1.29, 1.82) is 0 Å². The number of carbonyl (C=O) groups is 1. The van der Waals surface area contributed by atoms with Crippen molar-refractivity contribution >= 4 is 38.4 Å². The molecule has 12 heteroatoms. The lowest BCUT2D eigenvalue weighted by Crippen LogP contribution is -2.60. The van der Waals surface area contributed by atoms with Crippen LogP contribution < -0.4 is 4.72 Å². The van der Waals surface area contributed by atoms with E-state index in [1.807, 2.05) is 0 Å². The highest BCUT2D eigenvalue weighted by molar-refractivity contribution is 9.10. The van der Waals surface area contributed by atoms with E-state index in [2.05, 4.69) is 20.7 Å². The van der Waals surface area contributed by atoms with Crippen LogP contribution in [0.4, 0.5) is 13.6 Å². The van der Waals surface area contributed by atoms with E-state index in [-0.39, 0.29) is 37.0 Å². The van der Waals surface area contributed by atoms with Crippen molar-refractivity contribution in [1.82, 2.24) is 9.62 Å². The molecule has 8 nitrogen and oxygen atoms in total. The SMILES string of the molecule is COCCOCN(C(=O)OC(C)(C)C)C1=N[C@](C)(c2cc(Br)ccc2F)CS(O)(NCCF)C1(C)C. The zero-order valence-corrected chi connectivity index (χ0v) is 24.4. The molecular weight excluding hydrogens is 560 g/mol. The van der Waals surface area contributed by atoms with Gasteiger partial charge in [0.05, 0.1) is 23.5 Å². The van der Waals surface area contributed by atoms with Crippen molar-refractivity contribution in [2.24, 2.45) is 4.99 Å². The van der Waals surface area contributed by atoms with Gasteiger partial charge in [-0.2, -0.15) is 0 Å². The smallest absolute Gasteiger partial charge is 0.417 e. The van der Waals surface area contributed by atoms with Gasteiger partial charge in [-0.15, -0.1) is 0 Å². The average molecular weight is 599 g/mol. The number of hydrogen-bond donors (Lipinski definition) is 2. The van der Waals surface area contributed by atoms with E-state index in [0.29, 0.717) is 11.1 Å². The van der Waals surface area contributed by atoms with Crippen molar-refractivity contribution in [3.05, 3.63) is 34.1 Å². The highest BCUT2D eigenvalue weighted by Gasteiger charge is 2.55. The Morgan fingerprint density at radius 2 is 1.97 bits per heavy atom. The van der Waals surface area contributed by atoms with Crippen molar-refractivity contribution in [3.63, 3.8) is 0 Å². The Kier molecular flexibility index (Phi) is 10.3. The molecule has 0 spiro atoms. The Balaban J connectivity index is 2.72. The number of hydrogen-bond acceptors (Lipinski definition) is 7. The summed E-state index contributed by atoms with van der Waals surface area (Å²) in [4.78, 5) is 19.5. The molecule has 1 aliphatic rings. The van der Waals surface area contributed by atoms with Crippen LogP contribution >= 0.6 is 26.4 Å². The fraction of sp³-hybridized carbons (Fsp3) is 0.667. The third-order valence-electron chi connectivity index (χ3n) is 5.69. The summed E-state index contributed by atoms with van der Waals surface area (Å²) < 4.78 is 59.1. The second-order valence-electron chi connectivity index (χ2n) is 10.2. The van der Waals surface area contributed by atoms with Gasteiger partial charge in [0.25, 0.3) is 0 Å². The third-order valence-corrected chi connectivity index (χ3v) is 9.72. The van der Waals surface area contributed by atoms with Crippen molar-refractivity contribution < 1.29 is 32.3 Å². The lowest BCUT2D eigenvalue weighted by molar-refractivity contribution is -0.00310. The summed E-state index contributed by atoms with van der Waals surface area (Å²) in [5.41, 5.74) is -1.89. The van der Waals surface area contributed by atoms with Gasteiger partial charge in [-0.25, -0.2) is 18.5 Å². The second-order valence-corrected chi connectivity index (χ2v) is 14.1. The van der Waals surface area contributed by atoms with Gasteiger partial charge in [-0.3, -0.25) is 9.71 Å². The largest absolute Gasteiger partial charge is 0.443 e. The number of aliphatic imine (C=N–C) groups is 1. The molecule has 0 saturated heterocycles. The van der Waals surface area contributed by atoms with Crippen LogP contribution in [-0.2, 0) is 19.7 Å². The minimum Gasteiger partial charge on any atom is -0.443 e. The number of carbonyl (C=O) groups excluding carboxylic acids is 1. The number of amidine groups is 1. The standard InChI is InChI=1S/C24H38BrF2N3O5S/c1-22(2,3)35-21(31)30(16-34-13-12-33-7)20-23(4,5)36(32,28-11-10-26)15-24(6,29-20)18-14-17(25)8-9-19(18)27/h8-9,14,28,32H,10-13,15-16H2,1-7H3/t24-/m0/s1. The van der Waals surface area contributed by atoms with Crippen LogP contribution in [0.25, 0.3) is 0 Å². The average Bonchev–Trinajstić information content (AvgIpc) is 2.76.